The fourth-order valence-electron chi connectivity index (χ4n) is 2.39. The van der Waals surface area contributed by atoms with E-state index in [2.05, 4.69) is 4.98 Å². The van der Waals surface area contributed by atoms with E-state index in [4.69, 9.17) is 9.47 Å². The quantitative estimate of drug-likeness (QED) is 0.767. The van der Waals surface area contributed by atoms with E-state index in [0.717, 1.165) is 23.1 Å². The van der Waals surface area contributed by atoms with Gasteiger partial charge in [-0.15, -0.1) is 0 Å². The average Bonchev–Trinajstić information content (AvgIpc) is 2.54. The molecule has 5 heteroatoms. The highest BCUT2D eigenvalue weighted by atomic mass is 19.1. The summed E-state index contributed by atoms with van der Waals surface area (Å²) < 4.78 is 24.0. The minimum atomic E-state index is -0.405. The Hall–Kier alpha value is -2.69. The number of methoxy groups -OCH3 is 1. The smallest absolute Gasteiger partial charge is 0.308 e. The summed E-state index contributed by atoms with van der Waals surface area (Å²) in [5, 5.41) is 0. The summed E-state index contributed by atoms with van der Waals surface area (Å²) in [5.41, 5.74) is 2.98. The fourth-order valence-corrected chi connectivity index (χ4v) is 2.39. The molecule has 2 aromatic rings. The number of carbonyl (C=O) groups excluding carboxylic acids is 1. The number of nitrogens with zero attached hydrogens (tertiary/aromatic N) is 1. The number of pyridine rings is 1. The zero-order valence-electron chi connectivity index (χ0n) is 14.2. The number of halogens is 1. The molecular weight excluding hydrogens is 309 g/mol. The molecule has 0 N–H and O–H groups in total. The summed E-state index contributed by atoms with van der Waals surface area (Å²) in [6.45, 7) is 5.12. The van der Waals surface area contributed by atoms with E-state index < -0.39 is 5.97 Å². The zero-order valence-corrected chi connectivity index (χ0v) is 14.2. The molecule has 0 saturated heterocycles. The first-order valence-electron chi connectivity index (χ1n) is 7.65. The van der Waals surface area contributed by atoms with Gasteiger partial charge in [0.1, 0.15) is 11.6 Å². The van der Waals surface area contributed by atoms with Crippen molar-refractivity contribution in [3.8, 4) is 11.5 Å². The molecule has 0 spiro atoms. The Kier molecular flexibility index (Phi) is 5.68. The van der Waals surface area contributed by atoms with E-state index in [1.54, 1.807) is 25.3 Å². The third kappa shape index (κ3) is 3.98. The third-order valence-corrected chi connectivity index (χ3v) is 3.47. The van der Waals surface area contributed by atoms with Gasteiger partial charge in [-0.25, -0.2) is 4.39 Å². The predicted octanol–water partition coefficient (Wildman–Crippen LogP) is 4.30. The molecule has 4 nitrogen and oxygen atoms in total. The van der Waals surface area contributed by atoms with Gasteiger partial charge in [0.15, 0.2) is 5.75 Å². The summed E-state index contributed by atoms with van der Waals surface area (Å²) in [6, 6.07) is 6.15. The van der Waals surface area contributed by atoms with E-state index >= 15 is 0 Å². The van der Waals surface area contributed by atoms with Gasteiger partial charge in [0.25, 0.3) is 0 Å². The number of allylic oxidation sites excluding steroid dienone is 1. The monoisotopic (exact) mass is 329 g/mol. The molecular formula is C19H20FNO3. The number of ether oxygens (including phenoxy) is 2. The van der Waals surface area contributed by atoms with Crippen molar-refractivity contribution < 1.29 is 18.7 Å². The molecule has 1 aromatic heterocycles. The fraction of sp³-hybridized carbons (Fsp3) is 0.263. The average molecular weight is 329 g/mol. The van der Waals surface area contributed by atoms with Gasteiger partial charge in [-0.1, -0.05) is 13.0 Å². The maximum atomic E-state index is 13.5. The van der Waals surface area contributed by atoms with Gasteiger partial charge in [0.05, 0.1) is 12.8 Å². The zero-order chi connectivity index (χ0) is 17.7. The minimum absolute atomic E-state index is 0.367. The topological polar surface area (TPSA) is 48.4 Å². The highest BCUT2D eigenvalue weighted by molar-refractivity contribution is 5.83. The molecule has 0 aliphatic heterocycles. The van der Waals surface area contributed by atoms with Crippen LogP contribution in [0.4, 0.5) is 4.39 Å². The molecule has 0 atom stereocenters. The molecule has 0 bridgehead atoms. The first kappa shape index (κ1) is 17.7. The molecule has 0 aliphatic rings. The summed E-state index contributed by atoms with van der Waals surface area (Å²) in [6.07, 6.45) is 4.47. The Morgan fingerprint density at radius 2 is 2.04 bits per heavy atom. The second kappa shape index (κ2) is 7.73. The Morgan fingerprint density at radius 1 is 1.29 bits per heavy atom. The number of carbonyl (C=O) groups is 1. The van der Waals surface area contributed by atoms with Crippen molar-refractivity contribution in [2.45, 2.75) is 27.2 Å². The van der Waals surface area contributed by atoms with Gasteiger partial charge < -0.3 is 9.47 Å². The van der Waals surface area contributed by atoms with Crippen molar-refractivity contribution in [1.82, 2.24) is 4.98 Å². The van der Waals surface area contributed by atoms with Crippen LogP contribution in [0.3, 0.4) is 0 Å². The van der Waals surface area contributed by atoms with Gasteiger partial charge in [0.2, 0.25) is 0 Å². The predicted molar refractivity (Wildman–Crippen MR) is 90.6 cm³/mol. The molecule has 126 valence electrons. The van der Waals surface area contributed by atoms with Crippen molar-refractivity contribution in [2.75, 3.05) is 7.11 Å². The van der Waals surface area contributed by atoms with Crippen LogP contribution in [0.25, 0.3) is 5.57 Å². The Morgan fingerprint density at radius 3 is 2.67 bits per heavy atom. The van der Waals surface area contributed by atoms with Gasteiger partial charge >= 0.3 is 5.97 Å². The Balaban J connectivity index is 2.57. The number of hydrogen-bond acceptors (Lipinski definition) is 4. The molecule has 0 saturated carbocycles. The van der Waals surface area contributed by atoms with Crippen molar-refractivity contribution in [2.24, 2.45) is 0 Å². The van der Waals surface area contributed by atoms with Gasteiger partial charge in [0, 0.05) is 30.3 Å². The molecule has 0 unspecified atom stereocenters. The van der Waals surface area contributed by atoms with Crippen molar-refractivity contribution in [1.29, 1.82) is 0 Å². The normalized spacial score (nSPS) is 11.3. The van der Waals surface area contributed by atoms with E-state index in [-0.39, 0.29) is 5.82 Å². The summed E-state index contributed by atoms with van der Waals surface area (Å²) >= 11 is 0. The molecule has 1 heterocycles. The molecule has 2 rings (SSSR count). The van der Waals surface area contributed by atoms with Crippen LogP contribution in [0.15, 0.2) is 36.5 Å². The highest BCUT2D eigenvalue weighted by Crippen LogP contribution is 2.33. The first-order chi connectivity index (χ1) is 11.5. The molecule has 0 amide bonds. The molecule has 1 aromatic carbocycles. The number of rotatable bonds is 5. The van der Waals surface area contributed by atoms with Crippen LogP contribution in [0, 0.1) is 12.7 Å². The molecule has 24 heavy (non-hydrogen) atoms. The highest BCUT2D eigenvalue weighted by Gasteiger charge is 2.14. The maximum absolute atomic E-state index is 13.5. The number of aromatic nitrogens is 1. The van der Waals surface area contributed by atoms with Crippen molar-refractivity contribution in [3.05, 3.63) is 59.2 Å². The van der Waals surface area contributed by atoms with Crippen LogP contribution in [0.1, 0.15) is 37.1 Å². The molecule has 0 radical (unpaired) electrons. The van der Waals surface area contributed by atoms with Crippen LogP contribution in [-0.2, 0) is 4.79 Å². The lowest BCUT2D eigenvalue weighted by molar-refractivity contribution is -0.131. The Labute approximate surface area is 140 Å². The minimum Gasteiger partial charge on any atom is -0.496 e. The van der Waals surface area contributed by atoms with Gasteiger partial charge in [-0.3, -0.25) is 9.78 Å². The van der Waals surface area contributed by atoms with Crippen LogP contribution in [0.5, 0.6) is 11.5 Å². The summed E-state index contributed by atoms with van der Waals surface area (Å²) in [5.74, 6) is 0.0684. The Bertz CT molecular complexity index is 784. The van der Waals surface area contributed by atoms with Crippen LogP contribution in [0.2, 0.25) is 0 Å². The van der Waals surface area contributed by atoms with E-state index in [1.807, 2.05) is 13.0 Å². The largest absolute Gasteiger partial charge is 0.496 e. The standard InChI is InChI=1S/C19H20FNO3/c1-5-6-16(17-8-7-15(20)10-19(17)23-4)14-9-18(24-13(3)22)12(2)21-11-14/h6-11H,5H2,1-4H3/b16-6-. The van der Waals surface area contributed by atoms with Gasteiger partial charge in [-0.2, -0.15) is 0 Å². The van der Waals surface area contributed by atoms with Crippen LogP contribution in [-0.4, -0.2) is 18.1 Å². The van der Waals surface area contributed by atoms with Crippen LogP contribution < -0.4 is 9.47 Å². The molecule has 0 aliphatic carbocycles. The van der Waals surface area contributed by atoms with Crippen LogP contribution >= 0.6 is 0 Å². The lowest BCUT2D eigenvalue weighted by atomic mass is 9.97. The summed E-state index contributed by atoms with van der Waals surface area (Å²) in [7, 11) is 1.50. The van der Waals surface area contributed by atoms with Gasteiger partial charge in [-0.05, 0) is 37.1 Å². The van der Waals surface area contributed by atoms with Crippen molar-refractivity contribution in [3.63, 3.8) is 0 Å². The number of benzene rings is 1. The number of hydrogen-bond donors (Lipinski definition) is 0. The van der Waals surface area contributed by atoms with E-state index in [1.165, 1.54) is 26.2 Å². The SMILES string of the molecule is CC/C=C(/c1cnc(C)c(OC(C)=O)c1)c1ccc(F)cc1OC. The van der Waals surface area contributed by atoms with E-state index in [0.29, 0.717) is 17.2 Å². The summed E-state index contributed by atoms with van der Waals surface area (Å²) in [4.78, 5) is 15.6. The lowest BCUT2D eigenvalue weighted by Crippen LogP contribution is -2.05. The van der Waals surface area contributed by atoms with Crippen molar-refractivity contribution >= 4 is 11.5 Å². The number of aryl methyl sites for hydroxylation is 1. The molecule has 0 fully saturated rings. The van der Waals surface area contributed by atoms with E-state index in [9.17, 15) is 9.18 Å². The third-order valence-electron chi connectivity index (χ3n) is 3.47. The lowest BCUT2D eigenvalue weighted by Gasteiger charge is -2.14. The first-order valence-corrected chi connectivity index (χ1v) is 7.65. The second-order valence-electron chi connectivity index (χ2n) is 5.27. The second-order valence-corrected chi connectivity index (χ2v) is 5.27. The number of esters is 1. The maximum Gasteiger partial charge on any atom is 0.308 e.